The number of carbonyl (C=O) groups is 1. The van der Waals surface area contributed by atoms with Gasteiger partial charge in [0.15, 0.2) is 5.76 Å². The minimum atomic E-state index is -3.47. The van der Waals surface area contributed by atoms with Gasteiger partial charge in [0.2, 0.25) is 10.0 Å². The molecule has 0 aliphatic carbocycles. The average Bonchev–Trinajstić information content (AvgIpc) is 3.20. The summed E-state index contributed by atoms with van der Waals surface area (Å²) in [6, 6.07) is 18.2. The van der Waals surface area contributed by atoms with Crippen molar-refractivity contribution in [3.8, 4) is 0 Å². The number of nitrogens with one attached hydrogen (secondary N) is 1. The first-order chi connectivity index (χ1) is 13.9. The number of carbonyl (C=O) groups excluding carboxylic acids is 1. The van der Waals surface area contributed by atoms with Crippen LogP contribution >= 0.6 is 11.8 Å². The lowest BCUT2D eigenvalue weighted by molar-refractivity contribution is 0.0922. The molecular formula is C21H22N2O4S2. The highest BCUT2D eigenvalue weighted by Gasteiger charge is 2.18. The second kappa shape index (κ2) is 9.30. The van der Waals surface area contributed by atoms with Gasteiger partial charge in [0, 0.05) is 36.9 Å². The van der Waals surface area contributed by atoms with Crippen molar-refractivity contribution in [2.75, 3.05) is 14.1 Å². The van der Waals surface area contributed by atoms with Crippen molar-refractivity contribution in [3.63, 3.8) is 0 Å². The van der Waals surface area contributed by atoms with Gasteiger partial charge in [0.1, 0.15) is 0 Å². The van der Waals surface area contributed by atoms with Gasteiger partial charge in [0.05, 0.1) is 11.2 Å². The van der Waals surface area contributed by atoms with Gasteiger partial charge in [-0.3, -0.25) is 4.79 Å². The van der Waals surface area contributed by atoms with Crippen LogP contribution < -0.4 is 5.32 Å². The Bertz CT molecular complexity index is 1060. The number of hydrogen-bond donors (Lipinski definition) is 1. The predicted molar refractivity (Wildman–Crippen MR) is 113 cm³/mol. The van der Waals surface area contributed by atoms with Crippen molar-refractivity contribution in [3.05, 3.63) is 83.8 Å². The van der Waals surface area contributed by atoms with Gasteiger partial charge in [-0.05, 0) is 35.9 Å². The number of amides is 1. The predicted octanol–water partition coefficient (Wildman–Crippen LogP) is 3.75. The number of rotatable bonds is 8. The summed E-state index contributed by atoms with van der Waals surface area (Å²) >= 11 is 1.63. The van der Waals surface area contributed by atoms with Gasteiger partial charge in [-0.2, -0.15) is 0 Å². The summed E-state index contributed by atoms with van der Waals surface area (Å²) in [4.78, 5) is 13.8. The zero-order chi connectivity index (χ0) is 20.9. The molecule has 1 aromatic heterocycles. The lowest BCUT2D eigenvalue weighted by Crippen LogP contribution is -2.24. The smallest absolute Gasteiger partial charge is 0.287 e. The molecule has 0 bridgehead atoms. The first-order valence-corrected chi connectivity index (χ1v) is 11.3. The van der Waals surface area contributed by atoms with E-state index in [0.29, 0.717) is 11.5 Å². The molecule has 6 nitrogen and oxygen atoms in total. The molecule has 0 aliphatic heterocycles. The van der Waals surface area contributed by atoms with Crippen LogP contribution in [-0.4, -0.2) is 32.7 Å². The molecule has 0 fully saturated rings. The maximum Gasteiger partial charge on any atom is 0.287 e. The first-order valence-electron chi connectivity index (χ1n) is 8.92. The lowest BCUT2D eigenvalue weighted by atomic mass is 10.2. The van der Waals surface area contributed by atoms with E-state index in [-0.39, 0.29) is 17.3 Å². The molecule has 1 N–H and O–H groups in total. The van der Waals surface area contributed by atoms with Crippen LogP contribution in [0, 0.1) is 0 Å². The second-order valence-electron chi connectivity index (χ2n) is 6.49. The van der Waals surface area contributed by atoms with Gasteiger partial charge >= 0.3 is 0 Å². The Labute approximate surface area is 175 Å². The Morgan fingerprint density at radius 1 is 1.03 bits per heavy atom. The third kappa shape index (κ3) is 5.29. The molecule has 0 unspecified atom stereocenters. The van der Waals surface area contributed by atoms with Crippen LogP contribution in [0.3, 0.4) is 0 Å². The second-order valence-corrected chi connectivity index (χ2v) is 9.69. The van der Waals surface area contributed by atoms with Crippen LogP contribution in [0.5, 0.6) is 0 Å². The minimum absolute atomic E-state index is 0.212. The topological polar surface area (TPSA) is 79.6 Å². The molecule has 1 heterocycles. The third-order valence-corrected chi connectivity index (χ3v) is 7.14. The van der Waals surface area contributed by atoms with E-state index in [0.717, 1.165) is 20.3 Å². The standard InChI is InChI=1S/C21H22N2O4S2/c1-23(2)29(25,26)19-10-8-16(9-11-19)14-22-21(24)20-17(12-13-27-20)15-28-18-6-4-3-5-7-18/h3-13H,14-15H2,1-2H3,(H,22,24). The minimum Gasteiger partial charge on any atom is -0.459 e. The Morgan fingerprint density at radius 3 is 2.38 bits per heavy atom. The highest BCUT2D eigenvalue weighted by Crippen LogP contribution is 2.25. The Kier molecular flexibility index (Phi) is 6.79. The molecule has 0 saturated heterocycles. The van der Waals surface area contributed by atoms with Crippen LogP contribution in [0.1, 0.15) is 21.7 Å². The molecule has 0 saturated carbocycles. The SMILES string of the molecule is CN(C)S(=O)(=O)c1ccc(CNC(=O)c2occc2CSc2ccccc2)cc1. The molecule has 0 atom stereocenters. The molecule has 3 rings (SSSR count). The summed E-state index contributed by atoms with van der Waals surface area (Å²) in [7, 11) is -0.493. The van der Waals surface area contributed by atoms with Crippen molar-refractivity contribution in [1.82, 2.24) is 9.62 Å². The fourth-order valence-electron chi connectivity index (χ4n) is 2.58. The van der Waals surface area contributed by atoms with Crippen LogP contribution in [0.15, 0.2) is 81.1 Å². The molecular weight excluding hydrogens is 408 g/mol. The molecule has 1 amide bonds. The Hall–Kier alpha value is -2.55. The normalized spacial score (nSPS) is 11.6. The molecule has 29 heavy (non-hydrogen) atoms. The number of hydrogen-bond acceptors (Lipinski definition) is 5. The van der Waals surface area contributed by atoms with Crippen LogP contribution in [0.4, 0.5) is 0 Å². The summed E-state index contributed by atoms with van der Waals surface area (Å²) in [6.45, 7) is 0.271. The van der Waals surface area contributed by atoms with E-state index in [9.17, 15) is 13.2 Å². The van der Waals surface area contributed by atoms with Crippen molar-refractivity contribution < 1.29 is 17.6 Å². The number of sulfonamides is 1. The number of furan rings is 1. The zero-order valence-corrected chi connectivity index (χ0v) is 17.8. The maximum atomic E-state index is 12.5. The van der Waals surface area contributed by atoms with Gasteiger partial charge in [-0.15, -0.1) is 11.8 Å². The zero-order valence-electron chi connectivity index (χ0n) is 16.2. The Balaban J connectivity index is 1.60. The van der Waals surface area contributed by atoms with Crippen LogP contribution in [-0.2, 0) is 22.3 Å². The molecule has 3 aromatic rings. The summed E-state index contributed by atoms with van der Waals surface area (Å²) in [5.74, 6) is 0.615. The molecule has 8 heteroatoms. The van der Waals surface area contributed by atoms with E-state index in [1.54, 1.807) is 30.0 Å². The van der Waals surface area contributed by atoms with Gasteiger partial charge in [-0.1, -0.05) is 30.3 Å². The average molecular weight is 431 g/mol. The fraction of sp³-hybridized carbons (Fsp3) is 0.190. The number of thioether (sulfide) groups is 1. The van der Waals surface area contributed by atoms with Gasteiger partial charge in [0.25, 0.3) is 5.91 Å². The van der Waals surface area contributed by atoms with E-state index < -0.39 is 10.0 Å². The molecule has 0 spiro atoms. The molecule has 0 radical (unpaired) electrons. The number of nitrogens with zero attached hydrogens (tertiary/aromatic N) is 1. The van der Waals surface area contributed by atoms with Gasteiger partial charge < -0.3 is 9.73 Å². The fourth-order valence-corrected chi connectivity index (χ4v) is 4.38. The molecule has 0 aliphatic rings. The quantitative estimate of drug-likeness (QED) is 0.551. The summed E-state index contributed by atoms with van der Waals surface area (Å²) in [6.07, 6.45) is 1.51. The highest BCUT2D eigenvalue weighted by atomic mass is 32.2. The monoisotopic (exact) mass is 430 g/mol. The van der Waals surface area contributed by atoms with E-state index in [4.69, 9.17) is 4.42 Å². The van der Waals surface area contributed by atoms with Crippen molar-refractivity contribution >= 4 is 27.7 Å². The van der Waals surface area contributed by atoms with E-state index in [2.05, 4.69) is 5.32 Å². The molecule has 152 valence electrons. The van der Waals surface area contributed by atoms with E-state index >= 15 is 0 Å². The lowest BCUT2D eigenvalue weighted by Gasteiger charge is -2.12. The number of benzene rings is 2. The van der Waals surface area contributed by atoms with Crippen molar-refractivity contribution in [2.45, 2.75) is 22.1 Å². The summed E-state index contributed by atoms with van der Waals surface area (Å²) in [5.41, 5.74) is 1.62. The van der Waals surface area contributed by atoms with Gasteiger partial charge in [-0.25, -0.2) is 12.7 Å². The summed E-state index contributed by atoms with van der Waals surface area (Å²) in [5, 5.41) is 2.82. The third-order valence-electron chi connectivity index (χ3n) is 4.25. The van der Waals surface area contributed by atoms with Crippen LogP contribution in [0.2, 0.25) is 0 Å². The Morgan fingerprint density at radius 2 is 1.72 bits per heavy atom. The van der Waals surface area contributed by atoms with Crippen LogP contribution in [0.25, 0.3) is 0 Å². The van der Waals surface area contributed by atoms with E-state index in [1.807, 2.05) is 30.3 Å². The summed E-state index contributed by atoms with van der Waals surface area (Å²) < 4.78 is 30.8. The van der Waals surface area contributed by atoms with E-state index in [1.165, 1.54) is 32.5 Å². The van der Waals surface area contributed by atoms with Crippen molar-refractivity contribution in [2.24, 2.45) is 0 Å². The largest absolute Gasteiger partial charge is 0.459 e. The highest BCUT2D eigenvalue weighted by molar-refractivity contribution is 7.98. The van der Waals surface area contributed by atoms with Crippen molar-refractivity contribution in [1.29, 1.82) is 0 Å². The maximum absolute atomic E-state index is 12.5. The first kappa shape index (κ1) is 21.2. The molecule has 2 aromatic carbocycles.